The summed E-state index contributed by atoms with van der Waals surface area (Å²) in [4.78, 5) is 1.37. The summed E-state index contributed by atoms with van der Waals surface area (Å²) in [6.45, 7) is 2.07. The summed E-state index contributed by atoms with van der Waals surface area (Å²) in [5, 5.41) is 3.50. The van der Waals surface area contributed by atoms with E-state index in [0.29, 0.717) is 0 Å². The molecule has 0 aliphatic heterocycles. The Morgan fingerprint density at radius 3 is 2.88 bits per heavy atom. The zero-order valence-electron chi connectivity index (χ0n) is 9.06. The van der Waals surface area contributed by atoms with E-state index < -0.39 is 0 Å². The summed E-state index contributed by atoms with van der Waals surface area (Å²) in [6.07, 6.45) is 7.59. The van der Waals surface area contributed by atoms with Crippen LogP contribution in [0, 0.1) is 0 Å². The van der Waals surface area contributed by atoms with E-state index in [4.69, 9.17) is 0 Å². The molecule has 4 heteroatoms. The molecule has 1 aliphatic rings. The molecular formula is C12H15Br2NS. The van der Waals surface area contributed by atoms with E-state index in [1.807, 2.05) is 0 Å². The van der Waals surface area contributed by atoms with Gasteiger partial charge in [0.05, 0.1) is 3.79 Å². The number of allylic oxidation sites excluding steroid dienone is 1. The van der Waals surface area contributed by atoms with Gasteiger partial charge >= 0.3 is 0 Å². The van der Waals surface area contributed by atoms with Gasteiger partial charge in [0.15, 0.2) is 0 Å². The zero-order valence-corrected chi connectivity index (χ0v) is 13.1. The fourth-order valence-corrected chi connectivity index (χ4v) is 4.05. The molecule has 0 radical (unpaired) electrons. The largest absolute Gasteiger partial charge is 0.312 e. The first-order chi connectivity index (χ1) is 7.75. The first-order valence-electron chi connectivity index (χ1n) is 5.58. The normalized spacial score (nSPS) is 15.5. The van der Waals surface area contributed by atoms with Crippen molar-refractivity contribution in [2.45, 2.75) is 32.2 Å². The van der Waals surface area contributed by atoms with Crippen LogP contribution in [0.3, 0.4) is 0 Å². The Hall–Kier alpha value is 0.360. The van der Waals surface area contributed by atoms with Crippen LogP contribution < -0.4 is 5.32 Å². The number of nitrogens with one attached hydrogen (secondary N) is 1. The molecule has 1 N–H and O–H groups in total. The molecule has 16 heavy (non-hydrogen) atoms. The fraction of sp³-hybridized carbons (Fsp3) is 0.500. The summed E-state index contributed by atoms with van der Waals surface area (Å²) in [6, 6.07) is 2.18. The van der Waals surface area contributed by atoms with E-state index in [2.05, 4.69) is 49.3 Å². The van der Waals surface area contributed by atoms with Crippen LogP contribution >= 0.6 is 43.2 Å². The van der Waals surface area contributed by atoms with Crippen LogP contribution in [0.2, 0.25) is 0 Å². The first-order valence-corrected chi connectivity index (χ1v) is 7.98. The van der Waals surface area contributed by atoms with Gasteiger partial charge in [-0.15, -0.1) is 11.3 Å². The highest BCUT2D eigenvalue weighted by molar-refractivity contribution is 9.13. The Kier molecular flexibility index (Phi) is 5.07. The van der Waals surface area contributed by atoms with Gasteiger partial charge in [-0.3, -0.25) is 0 Å². The Bertz CT molecular complexity index is 365. The van der Waals surface area contributed by atoms with Gasteiger partial charge in [0.2, 0.25) is 0 Å². The molecule has 1 aliphatic carbocycles. The predicted molar refractivity (Wildman–Crippen MR) is 78.0 cm³/mol. The van der Waals surface area contributed by atoms with Crippen molar-refractivity contribution in [1.82, 2.24) is 5.32 Å². The van der Waals surface area contributed by atoms with Crippen molar-refractivity contribution in [2.24, 2.45) is 0 Å². The van der Waals surface area contributed by atoms with Gasteiger partial charge in [-0.25, -0.2) is 0 Å². The maximum atomic E-state index is 3.51. The standard InChI is InChI=1S/C12H15Br2NS/c13-11-7-10(16-12(11)14)8-15-6-5-9-3-1-2-4-9/h3,7,15H,1-2,4-6,8H2. The second-order valence-corrected chi connectivity index (χ2v) is 7.32. The average molecular weight is 365 g/mol. The van der Waals surface area contributed by atoms with E-state index in [0.717, 1.165) is 17.6 Å². The highest BCUT2D eigenvalue weighted by Crippen LogP contribution is 2.32. The summed E-state index contributed by atoms with van der Waals surface area (Å²) >= 11 is 8.81. The Balaban J connectivity index is 1.67. The van der Waals surface area contributed by atoms with E-state index in [1.54, 1.807) is 16.9 Å². The van der Waals surface area contributed by atoms with Crippen LogP contribution in [0.4, 0.5) is 0 Å². The second kappa shape index (κ2) is 6.34. The van der Waals surface area contributed by atoms with Crippen molar-refractivity contribution >= 4 is 43.2 Å². The van der Waals surface area contributed by atoms with Crippen LogP contribution in [0.25, 0.3) is 0 Å². The number of hydrogen-bond donors (Lipinski definition) is 1. The molecule has 1 aromatic rings. The third-order valence-electron chi connectivity index (χ3n) is 2.75. The summed E-state index contributed by atoms with van der Waals surface area (Å²) in [7, 11) is 0. The van der Waals surface area contributed by atoms with Crippen LogP contribution in [0.5, 0.6) is 0 Å². The minimum absolute atomic E-state index is 0.974. The molecule has 1 aromatic heterocycles. The van der Waals surface area contributed by atoms with E-state index in [-0.39, 0.29) is 0 Å². The third kappa shape index (κ3) is 3.69. The molecular weight excluding hydrogens is 350 g/mol. The van der Waals surface area contributed by atoms with Crippen molar-refractivity contribution in [2.75, 3.05) is 6.54 Å². The van der Waals surface area contributed by atoms with Crippen LogP contribution in [-0.4, -0.2) is 6.54 Å². The van der Waals surface area contributed by atoms with E-state index >= 15 is 0 Å². The van der Waals surface area contributed by atoms with Gasteiger partial charge in [-0.1, -0.05) is 11.6 Å². The van der Waals surface area contributed by atoms with Gasteiger partial charge in [-0.05, 0) is 70.2 Å². The molecule has 88 valence electrons. The molecule has 0 aromatic carbocycles. The molecule has 2 rings (SSSR count). The SMILES string of the molecule is Brc1cc(CNCCC2=CCCC2)sc1Br. The Labute approximate surface area is 118 Å². The number of thiophene rings is 1. The molecule has 0 spiro atoms. The average Bonchev–Trinajstić information content (AvgIpc) is 2.85. The lowest BCUT2D eigenvalue weighted by molar-refractivity contribution is 0.681. The molecule has 1 heterocycles. The third-order valence-corrected chi connectivity index (χ3v) is 6.01. The molecule has 0 amide bonds. The Morgan fingerprint density at radius 1 is 1.38 bits per heavy atom. The molecule has 0 fully saturated rings. The van der Waals surface area contributed by atoms with E-state index in [9.17, 15) is 0 Å². The van der Waals surface area contributed by atoms with Crippen molar-refractivity contribution < 1.29 is 0 Å². The number of hydrogen-bond acceptors (Lipinski definition) is 2. The summed E-state index contributed by atoms with van der Waals surface area (Å²) < 4.78 is 2.34. The second-order valence-electron chi connectivity index (χ2n) is 4.02. The number of rotatable bonds is 5. The first kappa shape index (κ1) is 12.8. The summed E-state index contributed by atoms with van der Waals surface area (Å²) in [5.41, 5.74) is 1.64. The predicted octanol–water partition coefficient (Wildman–Crippen LogP) is 4.86. The minimum atomic E-state index is 0.974. The lowest BCUT2D eigenvalue weighted by Crippen LogP contribution is -2.14. The van der Waals surface area contributed by atoms with Crippen molar-refractivity contribution in [3.05, 3.63) is 30.9 Å². The monoisotopic (exact) mass is 363 g/mol. The molecule has 0 bridgehead atoms. The maximum absolute atomic E-state index is 3.51. The van der Waals surface area contributed by atoms with Crippen molar-refractivity contribution in [1.29, 1.82) is 0 Å². The van der Waals surface area contributed by atoms with Gasteiger partial charge < -0.3 is 5.32 Å². The van der Waals surface area contributed by atoms with Crippen LogP contribution in [-0.2, 0) is 6.54 Å². The smallest absolute Gasteiger partial charge is 0.0843 e. The highest BCUT2D eigenvalue weighted by atomic mass is 79.9. The van der Waals surface area contributed by atoms with Gasteiger partial charge in [0, 0.05) is 15.9 Å². The van der Waals surface area contributed by atoms with Crippen molar-refractivity contribution in [3.63, 3.8) is 0 Å². The van der Waals surface area contributed by atoms with Crippen LogP contribution in [0.15, 0.2) is 26.0 Å². The van der Waals surface area contributed by atoms with E-state index in [1.165, 1.54) is 34.3 Å². The number of halogens is 2. The lowest BCUT2D eigenvalue weighted by Gasteiger charge is -2.03. The highest BCUT2D eigenvalue weighted by Gasteiger charge is 2.05. The molecule has 0 unspecified atom stereocenters. The fourth-order valence-electron chi connectivity index (χ4n) is 1.90. The molecule has 0 saturated heterocycles. The molecule has 1 nitrogen and oxygen atoms in total. The van der Waals surface area contributed by atoms with Crippen LogP contribution in [0.1, 0.15) is 30.6 Å². The molecule has 0 atom stereocenters. The van der Waals surface area contributed by atoms with Gasteiger partial charge in [-0.2, -0.15) is 0 Å². The quantitative estimate of drug-likeness (QED) is 0.580. The topological polar surface area (TPSA) is 12.0 Å². The summed E-state index contributed by atoms with van der Waals surface area (Å²) in [5.74, 6) is 0. The van der Waals surface area contributed by atoms with Gasteiger partial charge in [0.1, 0.15) is 0 Å². The van der Waals surface area contributed by atoms with Crippen molar-refractivity contribution in [3.8, 4) is 0 Å². The molecule has 0 saturated carbocycles. The van der Waals surface area contributed by atoms with Gasteiger partial charge in [0.25, 0.3) is 0 Å². The minimum Gasteiger partial charge on any atom is -0.312 e. The lowest BCUT2D eigenvalue weighted by atomic mass is 10.2. The Morgan fingerprint density at radius 2 is 2.25 bits per heavy atom. The maximum Gasteiger partial charge on any atom is 0.0843 e. The zero-order chi connectivity index (χ0) is 11.4.